The minimum absolute atomic E-state index is 0.0331. The van der Waals surface area contributed by atoms with Gasteiger partial charge in [0, 0.05) is 12.1 Å². The van der Waals surface area contributed by atoms with E-state index in [1.54, 1.807) is 48.5 Å². The average Bonchev–Trinajstić information content (AvgIpc) is 3.21. The van der Waals surface area contributed by atoms with Crippen LogP contribution >= 0.6 is 0 Å². The number of nitrogens with zero attached hydrogens (tertiary/aromatic N) is 1. The van der Waals surface area contributed by atoms with E-state index >= 15 is 0 Å². The normalized spacial score (nSPS) is 12.6. The highest BCUT2D eigenvalue weighted by molar-refractivity contribution is 5.77. The molecular formula is C24H19F3N2O4. The molecule has 0 radical (unpaired) electrons. The van der Waals surface area contributed by atoms with Gasteiger partial charge in [0.05, 0.1) is 5.56 Å². The van der Waals surface area contributed by atoms with Crippen LogP contribution in [0.25, 0.3) is 22.6 Å². The molecule has 6 nitrogen and oxygen atoms in total. The summed E-state index contributed by atoms with van der Waals surface area (Å²) in [5, 5.41) is 11.8. The van der Waals surface area contributed by atoms with E-state index in [1.165, 1.54) is 19.1 Å². The molecule has 0 fully saturated rings. The highest BCUT2D eigenvalue weighted by atomic mass is 19.4. The summed E-state index contributed by atoms with van der Waals surface area (Å²) in [7, 11) is 0. The van der Waals surface area contributed by atoms with Crippen LogP contribution in [0.15, 0.2) is 71.1 Å². The maximum Gasteiger partial charge on any atom is 0.420 e. The number of carboxylic acid groups (broad SMARTS) is 1. The maximum absolute atomic E-state index is 13.7. The van der Waals surface area contributed by atoms with Crippen molar-refractivity contribution in [1.82, 2.24) is 10.3 Å². The van der Waals surface area contributed by atoms with Crippen LogP contribution in [0.3, 0.4) is 0 Å². The molecule has 4 aromatic rings. The molecule has 0 aliphatic heterocycles. The van der Waals surface area contributed by atoms with E-state index in [-0.39, 0.29) is 29.5 Å². The zero-order valence-corrected chi connectivity index (χ0v) is 17.4. The van der Waals surface area contributed by atoms with Crippen molar-refractivity contribution >= 4 is 17.1 Å². The molecule has 0 aliphatic carbocycles. The molecule has 2 N–H and O–H groups in total. The van der Waals surface area contributed by atoms with E-state index < -0.39 is 23.8 Å². The van der Waals surface area contributed by atoms with Gasteiger partial charge in [-0.15, -0.1) is 0 Å². The molecule has 0 bridgehead atoms. The summed E-state index contributed by atoms with van der Waals surface area (Å²) in [5.74, 6) is -0.976. The lowest BCUT2D eigenvalue weighted by atomic mass is 10.1. The third kappa shape index (κ3) is 5.15. The number of halogens is 3. The minimum atomic E-state index is -4.65. The van der Waals surface area contributed by atoms with E-state index in [2.05, 4.69) is 10.3 Å². The third-order valence-corrected chi connectivity index (χ3v) is 4.94. The highest BCUT2D eigenvalue weighted by Crippen LogP contribution is 2.40. The number of oxazole rings is 1. The summed E-state index contributed by atoms with van der Waals surface area (Å²) < 4.78 is 52.3. The van der Waals surface area contributed by atoms with Crippen molar-refractivity contribution in [1.29, 1.82) is 0 Å². The first-order valence-electron chi connectivity index (χ1n) is 10.0. The monoisotopic (exact) mass is 456 g/mol. The van der Waals surface area contributed by atoms with Gasteiger partial charge in [-0.3, -0.25) is 4.79 Å². The van der Waals surface area contributed by atoms with Crippen LogP contribution in [0.5, 0.6) is 11.5 Å². The van der Waals surface area contributed by atoms with Crippen LogP contribution in [0.4, 0.5) is 13.2 Å². The van der Waals surface area contributed by atoms with E-state index in [0.717, 1.165) is 11.6 Å². The molecule has 1 heterocycles. The molecule has 0 amide bonds. The summed E-state index contributed by atoms with van der Waals surface area (Å²) in [6.45, 7) is 1.81. The van der Waals surface area contributed by atoms with Crippen molar-refractivity contribution < 1.29 is 32.2 Å². The first kappa shape index (κ1) is 22.3. The van der Waals surface area contributed by atoms with Crippen LogP contribution in [0.2, 0.25) is 0 Å². The Hall–Kier alpha value is -3.85. The van der Waals surface area contributed by atoms with Gasteiger partial charge in [-0.05, 0) is 55.0 Å². The zero-order valence-electron chi connectivity index (χ0n) is 17.4. The number of hydrogen-bond acceptors (Lipinski definition) is 5. The van der Waals surface area contributed by atoms with Gasteiger partial charge in [-0.1, -0.05) is 24.3 Å². The number of rotatable bonds is 7. The van der Waals surface area contributed by atoms with Gasteiger partial charge in [-0.25, -0.2) is 4.98 Å². The molecular weight excluding hydrogens is 437 g/mol. The standard InChI is InChI=1S/C24H19F3N2O4/c1-14(23(30)31)28-13-15-7-9-21-19(11-15)29-22(33-21)16-8-10-20(18(12-16)24(25,26)27)32-17-5-3-2-4-6-17/h2-12,14,28H,13H2,1H3,(H,30,31). The number of benzene rings is 3. The second-order valence-corrected chi connectivity index (χ2v) is 7.39. The number of carbonyl (C=O) groups is 1. The number of carboxylic acids is 1. The molecule has 1 aromatic heterocycles. The van der Waals surface area contributed by atoms with Crippen LogP contribution in [0, 0.1) is 0 Å². The van der Waals surface area contributed by atoms with Gasteiger partial charge in [0.2, 0.25) is 5.89 Å². The van der Waals surface area contributed by atoms with Crippen molar-refractivity contribution in [3.8, 4) is 23.0 Å². The smallest absolute Gasteiger partial charge is 0.420 e. The number of fused-ring (bicyclic) bond motifs is 1. The van der Waals surface area contributed by atoms with E-state index in [9.17, 15) is 18.0 Å². The van der Waals surface area contributed by atoms with Crippen LogP contribution < -0.4 is 10.1 Å². The quantitative estimate of drug-likeness (QED) is 0.362. The summed E-state index contributed by atoms with van der Waals surface area (Å²) >= 11 is 0. The van der Waals surface area contributed by atoms with Crippen molar-refractivity contribution in [3.05, 3.63) is 77.9 Å². The van der Waals surface area contributed by atoms with Crippen molar-refractivity contribution in [2.45, 2.75) is 25.7 Å². The molecule has 9 heteroatoms. The first-order chi connectivity index (χ1) is 15.7. The molecule has 1 unspecified atom stereocenters. The number of ether oxygens (including phenoxy) is 1. The lowest BCUT2D eigenvalue weighted by Gasteiger charge is -2.14. The predicted octanol–water partition coefficient (Wildman–Crippen LogP) is 5.87. The summed E-state index contributed by atoms with van der Waals surface area (Å²) in [6.07, 6.45) is -4.65. The molecule has 1 atom stereocenters. The fourth-order valence-corrected chi connectivity index (χ4v) is 3.15. The maximum atomic E-state index is 13.7. The number of hydrogen-bond donors (Lipinski definition) is 2. The van der Waals surface area contributed by atoms with Crippen molar-refractivity contribution in [3.63, 3.8) is 0 Å². The number of alkyl halides is 3. The Morgan fingerprint density at radius 1 is 1.12 bits per heavy atom. The van der Waals surface area contributed by atoms with Crippen molar-refractivity contribution in [2.75, 3.05) is 0 Å². The van der Waals surface area contributed by atoms with Crippen LogP contribution in [-0.4, -0.2) is 22.1 Å². The topological polar surface area (TPSA) is 84.6 Å². The fourth-order valence-electron chi connectivity index (χ4n) is 3.15. The van der Waals surface area contributed by atoms with Gasteiger partial charge in [0.25, 0.3) is 0 Å². The zero-order chi connectivity index (χ0) is 23.6. The van der Waals surface area contributed by atoms with E-state index in [0.29, 0.717) is 11.1 Å². The van der Waals surface area contributed by atoms with Crippen LogP contribution in [-0.2, 0) is 17.5 Å². The Morgan fingerprint density at radius 3 is 2.58 bits per heavy atom. The summed E-state index contributed by atoms with van der Waals surface area (Å²) in [6, 6.07) is 16.2. The lowest BCUT2D eigenvalue weighted by molar-refractivity contribution is -0.139. The minimum Gasteiger partial charge on any atom is -0.480 e. The number of aromatic nitrogens is 1. The highest BCUT2D eigenvalue weighted by Gasteiger charge is 2.35. The largest absolute Gasteiger partial charge is 0.480 e. The molecule has 0 saturated carbocycles. The summed E-state index contributed by atoms with van der Waals surface area (Å²) in [4.78, 5) is 15.3. The van der Waals surface area contributed by atoms with Gasteiger partial charge >= 0.3 is 12.1 Å². The number of aliphatic carboxylic acids is 1. The first-order valence-corrected chi connectivity index (χ1v) is 10.0. The molecule has 170 valence electrons. The molecule has 0 aliphatic rings. The SMILES string of the molecule is CC(NCc1ccc2oc(-c3ccc(Oc4ccccc4)c(C(F)(F)F)c3)nc2c1)C(=O)O. The van der Waals surface area contributed by atoms with Gasteiger partial charge in [-0.2, -0.15) is 13.2 Å². The summed E-state index contributed by atoms with van der Waals surface area (Å²) in [5.41, 5.74) is 0.818. The Kier molecular flexibility index (Phi) is 6.06. The Balaban J connectivity index is 1.63. The number of para-hydroxylation sites is 1. The average molecular weight is 456 g/mol. The van der Waals surface area contributed by atoms with E-state index in [4.69, 9.17) is 14.3 Å². The number of nitrogens with one attached hydrogen (secondary N) is 1. The Morgan fingerprint density at radius 2 is 1.88 bits per heavy atom. The molecule has 4 rings (SSSR count). The Bertz CT molecular complexity index is 1290. The molecule has 0 saturated heterocycles. The molecule has 33 heavy (non-hydrogen) atoms. The van der Waals surface area contributed by atoms with Gasteiger partial charge in [0.1, 0.15) is 23.1 Å². The molecule has 3 aromatic carbocycles. The Labute approximate surface area is 186 Å². The van der Waals surface area contributed by atoms with E-state index in [1.807, 2.05) is 0 Å². The van der Waals surface area contributed by atoms with Gasteiger partial charge < -0.3 is 19.6 Å². The third-order valence-electron chi connectivity index (χ3n) is 4.94. The second kappa shape index (κ2) is 8.95. The van der Waals surface area contributed by atoms with Gasteiger partial charge in [0.15, 0.2) is 5.58 Å². The van der Waals surface area contributed by atoms with Crippen molar-refractivity contribution in [2.24, 2.45) is 0 Å². The van der Waals surface area contributed by atoms with Crippen LogP contribution in [0.1, 0.15) is 18.1 Å². The molecule has 0 spiro atoms. The predicted molar refractivity (Wildman–Crippen MR) is 115 cm³/mol. The lowest BCUT2D eigenvalue weighted by Crippen LogP contribution is -2.33. The second-order valence-electron chi connectivity index (χ2n) is 7.39. The fraction of sp³-hybridized carbons (Fsp3) is 0.167.